The molecule has 2 heterocycles. The zero-order valence-electron chi connectivity index (χ0n) is 8.11. The lowest BCUT2D eigenvalue weighted by Gasteiger charge is -1.96. The third-order valence-electron chi connectivity index (χ3n) is 2.05. The molecule has 72 valence electrons. The van der Waals surface area contributed by atoms with Crippen molar-refractivity contribution in [3.63, 3.8) is 0 Å². The van der Waals surface area contributed by atoms with E-state index in [9.17, 15) is 4.79 Å². The minimum Gasteiger partial charge on any atom is -0.347 e. The van der Waals surface area contributed by atoms with Gasteiger partial charge in [0.15, 0.2) is 0 Å². The Morgan fingerprint density at radius 1 is 1.57 bits per heavy atom. The van der Waals surface area contributed by atoms with Gasteiger partial charge in [0.05, 0.1) is 11.2 Å². The van der Waals surface area contributed by atoms with E-state index in [2.05, 4.69) is 10.3 Å². The minimum absolute atomic E-state index is 0.0804. The first kappa shape index (κ1) is 8.74. The van der Waals surface area contributed by atoms with Crippen molar-refractivity contribution in [2.75, 3.05) is 5.32 Å². The highest BCUT2D eigenvalue weighted by molar-refractivity contribution is 5.99. The number of anilines is 1. The van der Waals surface area contributed by atoms with Crippen LogP contribution in [-0.2, 0) is 11.8 Å². The van der Waals surface area contributed by atoms with Gasteiger partial charge in [0.1, 0.15) is 5.52 Å². The van der Waals surface area contributed by atoms with E-state index < -0.39 is 0 Å². The first-order valence-corrected chi connectivity index (χ1v) is 4.36. The molecule has 0 aliphatic rings. The van der Waals surface area contributed by atoms with Gasteiger partial charge in [-0.1, -0.05) is 0 Å². The lowest BCUT2D eigenvalue weighted by Crippen LogP contribution is -2.05. The Kier molecular flexibility index (Phi) is 1.96. The highest BCUT2D eigenvalue weighted by atomic mass is 16.1. The van der Waals surface area contributed by atoms with Crippen LogP contribution in [0.4, 0.5) is 5.69 Å². The van der Waals surface area contributed by atoms with Gasteiger partial charge >= 0.3 is 0 Å². The number of fused-ring (bicyclic) bond motifs is 1. The second-order valence-electron chi connectivity index (χ2n) is 3.21. The minimum atomic E-state index is -0.0804. The van der Waals surface area contributed by atoms with Gasteiger partial charge in [0.2, 0.25) is 5.91 Å². The summed E-state index contributed by atoms with van der Waals surface area (Å²) in [6, 6.07) is 3.84. The van der Waals surface area contributed by atoms with Crippen molar-refractivity contribution >= 4 is 22.6 Å². The summed E-state index contributed by atoms with van der Waals surface area (Å²) in [6.07, 6.45) is 3.58. The number of aryl methyl sites for hydroxylation is 1. The van der Waals surface area contributed by atoms with Crippen LogP contribution < -0.4 is 5.32 Å². The van der Waals surface area contributed by atoms with Crippen LogP contribution in [0.3, 0.4) is 0 Å². The molecule has 0 saturated carbocycles. The van der Waals surface area contributed by atoms with Crippen LogP contribution in [0.2, 0.25) is 0 Å². The zero-order chi connectivity index (χ0) is 10.1. The SMILES string of the molecule is CC(=O)Nc1cn(C)c2cccnc12. The number of pyridine rings is 1. The molecule has 2 rings (SSSR count). The number of nitrogens with one attached hydrogen (secondary N) is 1. The maximum atomic E-state index is 10.9. The van der Waals surface area contributed by atoms with Crippen molar-refractivity contribution in [2.24, 2.45) is 7.05 Å². The maximum Gasteiger partial charge on any atom is 0.221 e. The number of nitrogens with zero attached hydrogens (tertiary/aromatic N) is 2. The number of aromatic nitrogens is 2. The van der Waals surface area contributed by atoms with E-state index in [-0.39, 0.29) is 5.91 Å². The smallest absolute Gasteiger partial charge is 0.221 e. The molecule has 0 aromatic carbocycles. The number of carbonyl (C=O) groups is 1. The summed E-state index contributed by atoms with van der Waals surface area (Å²) in [5, 5.41) is 2.75. The molecule has 0 fully saturated rings. The standard InChI is InChI=1S/C10H11N3O/c1-7(14)12-8-6-13(2)9-4-3-5-11-10(8)9/h3-6H,1-2H3,(H,12,14). The van der Waals surface area contributed by atoms with Crippen molar-refractivity contribution in [3.05, 3.63) is 24.5 Å². The molecule has 0 saturated heterocycles. The summed E-state index contributed by atoms with van der Waals surface area (Å²) in [4.78, 5) is 15.1. The first-order valence-electron chi connectivity index (χ1n) is 4.36. The van der Waals surface area contributed by atoms with Gasteiger partial charge in [-0.15, -0.1) is 0 Å². The van der Waals surface area contributed by atoms with Crippen LogP contribution in [0.25, 0.3) is 11.0 Å². The lowest BCUT2D eigenvalue weighted by molar-refractivity contribution is -0.114. The molecule has 2 aromatic rings. The Morgan fingerprint density at radius 3 is 3.07 bits per heavy atom. The van der Waals surface area contributed by atoms with Crippen molar-refractivity contribution in [3.8, 4) is 0 Å². The zero-order valence-corrected chi connectivity index (χ0v) is 8.11. The fourth-order valence-electron chi connectivity index (χ4n) is 1.49. The molecular formula is C10H11N3O. The first-order chi connectivity index (χ1) is 6.68. The topological polar surface area (TPSA) is 46.9 Å². The summed E-state index contributed by atoms with van der Waals surface area (Å²) in [6.45, 7) is 1.49. The third kappa shape index (κ3) is 1.35. The van der Waals surface area contributed by atoms with Crippen LogP contribution in [-0.4, -0.2) is 15.5 Å². The Morgan fingerprint density at radius 2 is 2.36 bits per heavy atom. The van der Waals surface area contributed by atoms with Crippen LogP contribution >= 0.6 is 0 Å². The summed E-state index contributed by atoms with van der Waals surface area (Å²) in [5.74, 6) is -0.0804. The van der Waals surface area contributed by atoms with Gasteiger partial charge in [0.25, 0.3) is 0 Å². The van der Waals surface area contributed by atoms with E-state index in [0.29, 0.717) is 0 Å². The van der Waals surface area contributed by atoms with Crippen LogP contribution in [0, 0.1) is 0 Å². The lowest BCUT2D eigenvalue weighted by atomic mass is 10.3. The van der Waals surface area contributed by atoms with Crippen molar-refractivity contribution in [1.82, 2.24) is 9.55 Å². The van der Waals surface area contributed by atoms with Gasteiger partial charge in [-0.05, 0) is 12.1 Å². The molecule has 14 heavy (non-hydrogen) atoms. The van der Waals surface area contributed by atoms with E-state index in [0.717, 1.165) is 16.7 Å². The molecule has 0 radical (unpaired) electrons. The molecule has 0 aliphatic heterocycles. The molecule has 1 amide bonds. The van der Waals surface area contributed by atoms with Gasteiger partial charge in [-0.25, -0.2) is 0 Å². The Bertz CT molecular complexity index is 487. The second kappa shape index (κ2) is 3.14. The number of rotatable bonds is 1. The third-order valence-corrected chi connectivity index (χ3v) is 2.05. The molecule has 4 heteroatoms. The summed E-state index contributed by atoms with van der Waals surface area (Å²) >= 11 is 0. The van der Waals surface area contributed by atoms with Gasteiger partial charge < -0.3 is 9.88 Å². The predicted molar refractivity (Wildman–Crippen MR) is 55.0 cm³/mol. The number of hydrogen-bond donors (Lipinski definition) is 1. The number of carbonyl (C=O) groups excluding carboxylic acids is 1. The molecule has 0 bridgehead atoms. The van der Waals surface area contributed by atoms with Crippen molar-refractivity contribution < 1.29 is 4.79 Å². The molecular weight excluding hydrogens is 178 g/mol. The molecule has 0 unspecified atom stereocenters. The predicted octanol–water partition coefficient (Wildman–Crippen LogP) is 1.53. The van der Waals surface area contributed by atoms with Gasteiger partial charge in [-0.3, -0.25) is 9.78 Å². The van der Waals surface area contributed by atoms with Gasteiger partial charge in [-0.2, -0.15) is 0 Å². The molecule has 1 N–H and O–H groups in total. The van der Waals surface area contributed by atoms with E-state index in [1.165, 1.54) is 6.92 Å². The van der Waals surface area contributed by atoms with Crippen LogP contribution in [0.15, 0.2) is 24.5 Å². The molecule has 0 aliphatic carbocycles. The van der Waals surface area contributed by atoms with Crippen LogP contribution in [0.5, 0.6) is 0 Å². The van der Waals surface area contributed by atoms with Crippen molar-refractivity contribution in [2.45, 2.75) is 6.92 Å². The summed E-state index contributed by atoms with van der Waals surface area (Å²) in [5.41, 5.74) is 2.59. The fourth-order valence-corrected chi connectivity index (χ4v) is 1.49. The van der Waals surface area contributed by atoms with E-state index >= 15 is 0 Å². The Hall–Kier alpha value is -1.84. The normalized spacial score (nSPS) is 10.4. The largest absolute Gasteiger partial charge is 0.347 e. The monoisotopic (exact) mass is 189 g/mol. The molecule has 0 spiro atoms. The van der Waals surface area contributed by atoms with Crippen LogP contribution in [0.1, 0.15) is 6.92 Å². The van der Waals surface area contributed by atoms with Gasteiger partial charge in [0, 0.05) is 26.4 Å². The van der Waals surface area contributed by atoms with E-state index in [1.807, 2.05) is 29.9 Å². The average Bonchev–Trinajstić information content (AvgIpc) is 2.44. The Balaban J connectivity index is 2.60. The quantitative estimate of drug-likeness (QED) is 0.739. The number of hydrogen-bond acceptors (Lipinski definition) is 2. The van der Waals surface area contributed by atoms with E-state index in [1.54, 1.807) is 6.20 Å². The highest BCUT2D eigenvalue weighted by Gasteiger charge is 2.07. The average molecular weight is 189 g/mol. The second-order valence-corrected chi connectivity index (χ2v) is 3.21. The maximum absolute atomic E-state index is 10.9. The summed E-state index contributed by atoms with van der Waals surface area (Å²) < 4.78 is 1.94. The Labute approximate surface area is 81.6 Å². The molecule has 0 atom stereocenters. The van der Waals surface area contributed by atoms with E-state index in [4.69, 9.17) is 0 Å². The molecule has 4 nitrogen and oxygen atoms in total. The molecule has 2 aromatic heterocycles. The number of amides is 1. The highest BCUT2D eigenvalue weighted by Crippen LogP contribution is 2.22. The summed E-state index contributed by atoms with van der Waals surface area (Å²) in [7, 11) is 1.93. The fraction of sp³-hybridized carbons (Fsp3) is 0.200. The van der Waals surface area contributed by atoms with Crippen molar-refractivity contribution in [1.29, 1.82) is 0 Å².